The Hall–Kier alpha value is -0.570. The summed E-state index contributed by atoms with van der Waals surface area (Å²) in [6.07, 6.45) is 1.32. The first-order valence-electron chi connectivity index (χ1n) is 6.17. The van der Waals surface area contributed by atoms with Crippen molar-refractivity contribution in [2.45, 2.75) is 39.3 Å². The highest BCUT2D eigenvalue weighted by atomic mass is 35.5. The second kappa shape index (κ2) is 7.70. The fourth-order valence-corrected chi connectivity index (χ4v) is 1.77. The van der Waals surface area contributed by atoms with Gasteiger partial charge in [0.05, 0.1) is 12.7 Å². The van der Waals surface area contributed by atoms with Crippen molar-refractivity contribution in [3.8, 4) is 0 Å². The van der Waals surface area contributed by atoms with Gasteiger partial charge in [0.25, 0.3) is 0 Å². The van der Waals surface area contributed by atoms with E-state index in [1.54, 1.807) is 0 Å². The lowest BCUT2D eigenvalue weighted by atomic mass is 10.1. The van der Waals surface area contributed by atoms with Gasteiger partial charge >= 0.3 is 0 Å². The van der Waals surface area contributed by atoms with E-state index in [9.17, 15) is 0 Å². The van der Waals surface area contributed by atoms with Gasteiger partial charge in [-0.05, 0) is 44.9 Å². The molecule has 0 radical (unpaired) electrons. The summed E-state index contributed by atoms with van der Waals surface area (Å²) in [6, 6.07) is 8.47. The maximum absolute atomic E-state index is 5.85. The molecule has 0 aliphatic rings. The lowest BCUT2D eigenvalue weighted by Gasteiger charge is -2.15. The molecule has 1 atom stereocenters. The summed E-state index contributed by atoms with van der Waals surface area (Å²) < 4.78 is 5.48. The van der Waals surface area contributed by atoms with Crippen molar-refractivity contribution in [3.63, 3.8) is 0 Å². The largest absolute Gasteiger partial charge is 0.377 e. The van der Waals surface area contributed by atoms with Crippen LogP contribution >= 0.6 is 11.6 Å². The third-order valence-corrected chi connectivity index (χ3v) is 2.75. The van der Waals surface area contributed by atoms with Gasteiger partial charge < -0.3 is 10.1 Å². The van der Waals surface area contributed by atoms with Crippen molar-refractivity contribution >= 4 is 11.6 Å². The summed E-state index contributed by atoms with van der Waals surface area (Å²) in [6.45, 7) is 7.95. The molecule has 0 saturated heterocycles. The predicted molar refractivity (Wildman–Crippen MR) is 73.7 cm³/mol. The van der Waals surface area contributed by atoms with Gasteiger partial charge in [-0.25, -0.2) is 0 Å². The van der Waals surface area contributed by atoms with Crippen LogP contribution in [0.5, 0.6) is 0 Å². The second-order valence-electron chi connectivity index (χ2n) is 4.61. The molecule has 2 nitrogen and oxygen atoms in total. The average molecular weight is 256 g/mol. The van der Waals surface area contributed by atoms with Crippen LogP contribution in [0.4, 0.5) is 0 Å². The second-order valence-corrected chi connectivity index (χ2v) is 5.04. The van der Waals surface area contributed by atoms with Crippen LogP contribution in [0.2, 0.25) is 5.02 Å². The highest BCUT2D eigenvalue weighted by molar-refractivity contribution is 6.30. The lowest BCUT2D eigenvalue weighted by molar-refractivity contribution is 0.0796. The molecule has 0 fully saturated rings. The smallest absolute Gasteiger partial charge is 0.0594 e. The van der Waals surface area contributed by atoms with Crippen LogP contribution in [0.25, 0.3) is 0 Å². The molecule has 0 amide bonds. The Morgan fingerprint density at radius 3 is 2.41 bits per heavy atom. The maximum atomic E-state index is 5.85. The standard InChI is InChI=1S/C14H22ClNO/c1-11(2)17-9-8-16-12(3)10-13-4-6-14(15)7-5-13/h4-7,11-12,16H,8-10H2,1-3H3. The zero-order valence-corrected chi connectivity index (χ0v) is 11.6. The molecule has 0 spiro atoms. The van der Waals surface area contributed by atoms with E-state index < -0.39 is 0 Å². The monoisotopic (exact) mass is 255 g/mol. The molecule has 1 N–H and O–H groups in total. The molecular formula is C14H22ClNO. The lowest BCUT2D eigenvalue weighted by Crippen LogP contribution is -2.31. The number of ether oxygens (including phenoxy) is 1. The van der Waals surface area contributed by atoms with E-state index in [1.807, 2.05) is 12.1 Å². The van der Waals surface area contributed by atoms with E-state index in [2.05, 4.69) is 38.2 Å². The fraction of sp³-hybridized carbons (Fsp3) is 0.571. The third kappa shape index (κ3) is 6.67. The van der Waals surface area contributed by atoms with Gasteiger partial charge in [0, 0.05) is 17.6 Å². The van der Waals surface area contributed by atoms with Crippen LogP contribution in [0.3, 0.4) is 0 Å². The number of hydrogen-bond donors (Lipinski definition) is 1. The highest BCUT2D eigenvalue weighted by Gasteiger charge is 2.03. The Balaban J connectivity index is 2.20. The Kier molecular flexibility index (Phi) is 6.56. The van der Waals surface area contributed by atoms with Gasteiger partial charge in [-0.1, -0.05) is 23.7 Å². The minimum absolute atomic E-state index is 0.309. The van der Waals surface area contributed by atoms with Crippen molar-refractivity contribution in [1.82, 2.24) is 5.32 Å². The van der Waals surface area contributed by atoms with Crippen LogP contribution in [0, 0.1) is 0 Å². The zero-order chi connectivity index (χ0) is 12.7. The van der Waals surface area contributed by atoms with Crippen molar-refractivity contribution in [3.05, 3.63) is 34.9 Å². The summed E-state index contributed by atoms with van der Waals surface area (Å²) in [5.74, 6) is 0. The number of benzene rings is 1. The fourth-order valence-electron chi connectivity index (χ4n) is 1.65. The van der Waals surface area contributed by atoms with Crippen LogP contribution in [-0.4, -0.2) is 25.3 Å². The van der Waals surface area contributed by atoms with Crippen molar-refractivity contribution in [2.75, 3.05) is 13.2 Å². The molecule has 0 saturated carbocycles. The highest BCUT2D eigenvalue weighted by Crippen LogP contribution is 2.10. The number of nitrogens with one attached hydrogen (secondary N) is 1. The van der Waals surface area contributed by atoms with E-state index in [4.69, 9.17) is 16.3 Å². The van der Waals surface area contributed by atoms with E-state index >= 15 is 0 Å². The van der Waals surface area contributed by atoms with E-state index in [1.165, 1.54) is 5.56 Å². The first-order chi connectivity index (χ1) is 8.08. The first-order valence-corrected chi connectivity index (χ1v) is 6.55. The van der Waals surface area contributed by atoms with Gasteiger partial charge in [0.15, 0.2) is 0 Å². The minimum atomic E-state index is 0.309. The number of hydrogen-bond acceptors (Lipinski definition) is 2. The maximum Gasteiger partial charge on any atom is 0.0594 e. The molecule has 0 aliphatic heterocycles. The summed E-state index contributed by atoms with van der Waals surface area (Å²) in [7, 11) is 0. The third-order valence-electron chi connectivity index (χ3n) is 2.50. The van der Waals surface area contributed by atoms with E-state index in [0.29, 0.717) is 12.1 Å². The zero-order valence-electron chi connectivity index (χ0n) is 10.9. The Morgan fingerprint density at radius 2 is 1.82 bits per heavy atom. The summed E-state index contributed by atoms with van der Waals surface area (Å²) >= 11 is 5.85. The van der Waals surface area contributed by atoms with Crippen LogP contribution in [0.15, 0.2) is 24.3 Å². The Labute approximate surface area is 109 Å². The molecule has 1 aromatic carbocycles. The van der Waals surface area contributed by atoms with Crippen molar-refractivity contribution in [1.29, 1.82) is 0 Å². The minimum Gasteiger partial charge on any atom is -0.377 e. The quantitative estimate of drug-likeness (QED) is 0.755. The van der Waals surface area contributed by atoms with Gasteiger partial charge in [-0.3, -0.25) is 0 Å². The number of halogens is 1. The van der Waals surface area contributed by atoms with Crippen LogP contribution in [-0.2, 0) is 11.2 Å². The average Bonchev–Trinajstić information content (AvgIpc) is 2.27. The van der Waals surface area contributed by atoms with E-state index in [0.717, 1.165) is 24.6 Å². The molecule has 0 bridgehead atoms. The summed E-state index contributed by atoms with van der Waals surface area (Å²) in [4.78, 5) is 0. The molecule has 3 heteroatoms. The van der Waals surface area contributed by atoms with Crippen molar-refractivity contribution in [2.24, 2.45) is 0 Å². The number of rotatable bonds is 7. The van der Waals surface area contributed by atoms with Gasteiger partial charge in [0.2, 0.25) is 0 Å². The van der Waals surface area contributed by atoms with Gasteiger partial charge in [-0.15, -0.1) is 0 Å². The molecule has 0 aromatic heterocycles. The molecular weight excluding hydrogens is 234 g/mol. The first kappa shape index (κ1) is 14.5. The predicted octanol–water partition coefficient (Wildman–Crippen LogP) is 3.29. The molecule has 96 valence electrons. The molecule has 0 heterocycles. The van der Waals surface area contributed by atoms with Crippen LogP contribution < -0.4 is 5.32 Å². The Morgan fingerprint density at radius 1 is 1.18 bits per heavy atom. The Bertz CT molecular complexity index is 311. The molecule has 1 rings (SSSR count). The van der Waals surface area contributed by atoms with Gasteiger partial charge in [-0.2, -0.15) is 0 Å². The molecule has 1 unspecified atom stereocenters. The van der Waals surface area contributed by atoms with Crippen LogP contribution in [0.1, 0.15) is 26.3 Å². The molecule has 17 heavy (non-hydrogen) atoms. The molecule has 1 aromatic rings. The summed E-state index contributed by atoms with van der Waals surface area (Å²) in [5.41, 5.74) is 1.30. The SMILES string of the molecule is CC(Cc1ccc(Cl)cc1)NCCOC(C)C. The summed E-state index contributed by atoms with van der Waals surface area (Å²) in [5, 5.41) is 4.23. The normalized spacial score (nSPS) is 13.0. The topological polar surface area (TPSA) is 21.3 Å². The van der Waals surface area contributed by atoms with Gasteiger partial charge in [0.1, 0.15) is 0 Å². The van der Waals surface area contributed by atoms with Crippen molar-refractivity contribution < 1.29 is 4.74 Å². The van der Waals surface area contributed by atoms with E-state index in [-0.39, 0.29) is 0 Å². The molecule has 0 aliphatic carbocycles.